The van der Waals surface area contributed by atoms with Crippen molar-refractivity contribution in [1.82, 2.24) is 25.3 Å². The van der Waals surface area contributed by atoms with Crippen LogP contribution in [-0.2, 0) is 17.8 Å². The molecule has 0 spiro atoms. The van der Waals surface area contributed by atoms with Crippen molar-refractivity contribution < 1.29 is 4.79 Å². The summed E-state index contributed by atoms with van der Waals surface area (Å²) in [6.07, 6.45) is 3.32. The van der Waals surface area contributed by atoms with Crippen molar-refractivity contribution in [1.29, 1.82) is 0 Å². The number of rotatable bonds is 5. The highest BCUT2D eigenvalue weighted by atomic mass is 16.2. The Morgan fingerprint density at radius 3 is 2.65 bits per heavy atom. The Morgan fingerprint density at radius 2 is 2.00 bits per heavy atom. The average Bonchev–Trinajstić information content (AvgIpc) is 2.65. The Kier molecular flexibility index (Phi) is 5.17. The maximum atomic E-state index is 12.4. The van der Waals surface area contributed by atoms with E-state index in [-0.39, 0.29) is 17.9 Å². The molecule has 3 aromatic rings. The maximum Gasteiger partial charge on any atom is 0.255 e. The van der Waals surface area contributed by atoms with E-state index >= 15 is 0 Å². The molecule has 0 atom stereocenters. The predicted octanol–water partition coefficient (Wildman–Crippen LogP) is 1.70. The minimum absolute atomic E-state index is 0.0318. The Balaban J connectivity index is 1.70. The topological polar surface area (TPSA) is 101 Å². The first-order valence-corrected chi connectivity index (χ1v) is 8.22. The fourth-order valence-corrected chi connectivity index (χ4v) is 2.47. The van der Waals surface area contributed by atoms with Gasteiger partial charge in [0.2, 0.25) is 5.91 Å². The van der Waals surface area contributed by atoms with Gasteiger partial charge in [-0.25, -0.2) is 4.98 Å². The molecule has 0 saturated carbocycles. The lowest BCUT2D eigenvalue weighted by atomic mass is 10.1. The fourth-order valence-electron chi connectivity index (χ4n) is 2.47. The molecular weight excluding hydrogens is 330 g/mol. The molecule has 0 aliphatic carbocycles. The first-order chi connectivity index (χ1) is 12.5. The lowest BCUT2D eigenvalue weighted by molar-refractivity contribution is -0.120. The molecule has 3 rings (SSSR count). The molecule has 0 aliphatic heterocycles. The van der Waals surface area contributed by atoms with Crippen LogP contribution in [0.5, 0.6) is 0 Å². The van der Waals surface area contributed by atoms with Crippen LogP contribution in [-0.4, -0.2) is 25.8 Å². The van der Waals surface area contributed by atoms with Crippen LogP contribution < -0.4 is 10.9 Å². The van der Waals surface area contributed by atoms with Crippen LogP contribution in [0.3, 0.4) is 0 Å². The zero-order valence-corrected chi connectivity index (χ0v) is 14.6. The summed E-state index contributed by atoms with van der Waals surface area (Å²) in [4.78, 5) is 40.0. The molecule has 2 N–H and O–H groups in total. The van der Waals surface area contributed by atoms with Gasteiger partial charge in [0.1, 0.15) is 5.69 Å². The molecular formula is C19H19N5O2. The van der Waals surface area contributed by atoms with Crippen molar-refractivity contribution in [2.75, 3.05) is 0 Å². The SMILES string of the molecule is Cc1ccc(CNC(=O)Cc2c(C)nc(-c3ccccn3)[nH]c2=O)cn1. The smallest absolute Gasteiger partial charge is 0.255 e. The number of aromatic amines is 1. The molecule has 26 heavy (non-hydrogen) atoms. The van der Waals surface area contributed by atoms with Crippen LogP contribution >= 0.6 is 0 Å². The Bertz CT molecular complexity index is 965. The van der Waals surface area contributed by atoms with Crippen molar-refractivity contribution in [3.05, 3.63) is 75.6 Å². The van der Waals surface area contributed by atoms with Gasteiger partial charge in [0, 0.05) is 35.9 Å². The Morgan fingerprint density at radius 1 is 1.15 bits per heavy atom. The van der Waals surface area contributed by atoms with Crippen LogP contribution in [0.1, 0.15) is 22.5 Å². The third-order valence-electron chi connectivity index (χ3n) is 3.93. The highest BCUT2D eigenvalue weighted by molar-refractivity contribution is 5.78. The zero-order chi connectivity index (χ0) is 18.5. The van der Waals surface area contributed by atoms with E-state index in [1.165, 1.54) is 0 Å². The van der Waals surface area contributed by atoms with E-state index < -0.39 is 0 Å². The van der Waals surface area contributed by atoms with Gasteiger partial charge in [0.05, 0.1) is 6.42 Å². The van der Waals surface area contributed by atoms with Gasteiger partial charge in [-0.1, -0.05) is 12.1 Å². The van der Waals surface area contributed by atoms with Crippen LogP contribution in [0.2, 0.25) is 0 Å². The van der Waals surface area contributed by atoms with E-state index in [1.807, 2.05) is 25.1 Å². The third kappa shape index (κ3) is 4.18. The Hall–Kier alpha value is -3.35. The van der Waals surface area contributed by atoms with E-state index in [2.05, 4.69) is 25.3 Å². The number of hydrogen-bond donors (Lipinski definition) is 2. The van der Waals surface area contributed by atoms with E-state index in [0.29, 0.717) is 29.3 Å². The number of pyridine rings is 2. The van der Waals surface area contributed by atoms with Gasteiger partial charge >= 0.3 is 0 Å². The van der Waals surface area contributed by atoms with Crippen LogP contribution in [0.15, 0.2) is 47.5 Å². The van der Waals surface area contributed by atoms with E-state index in [4.69, 9.17) is 0 Å². The summed E-state index contributed by atoms with van der Waals surface area (Å²) < 4.78 is 0. The molecule has 3 heterocycles. The third-order valence-corrected chi connectivity index (χ3v) is 3.93. The van der Waals surface area contributed by atoms with Crippen molar-refractivity contribution in [2.24, 2.45) is 0 Å². The molecule has 0 fully saturated rings. The van der Waals surface area contributed by atoms with E-state index in [0.717, 1.165) is 11.3 Å². The summed E-state index contributed by atoms with van der Waals surface area (Å²) in [5.74, 6) is 0.148. The highest BCUT2D eigenvalue weighted by Gasteiger charge is 2.13. The van der Waals surface area contributed by atoms with E-state index in [1.54, 1.807) is 31.5 Å². The largest absolute Gasteiger partial charge is 0.352 e. The molecule has 3 aromatic heterocycles. The summed E-state index contributed by atoms with van der Waals surface area (Å²) in [5.41, 5.74) is 2.94. The molecule has 132 valence electrons. The maximum absolute atomic E-state index is 12.4. The zero-order valence-electron chi connectivity index (χ0n) is 14.6. The van der Waals surface area contributed by atoms with Crippen molar-refractivity contribution in [2.45, 2.75) is 26.8 Å². The minimum atomic E-state index is -0.328. The summed E-state index contributed by atoms with van der Waals surface area (Å²) in [6, 6.07) is 9.16. The average molecular weight is 349 g/mol. The molecule has 1 amide bonds. The van der Waals surface area contributed by atoms with E-state index in [9.17, 15) is 9.59 Å². The molecule has 7 nitrogen and oxygen atoms in total. The van der Waals surface area contributed by atoms with Crippen LogP contribution in [0.25, 0.3) is 11.5 Å². The van der Waals surface area contributed by atoms with Crippen LogP contribution in [0, 0.1) is 13.8 Å². The van der Waals surface area contributed by atoms with Gasteiger partial charge in [-0.3, -0.25) is 19.6 Å². The second kappa shape index (κ2) is 7.69. The quantitative estimate of drug-likeness (QED) is 0.730. The van der Waals surface area contributed by atoms with Gasteiger partial charge in [-0.2, -0.15) is 0 Å². The fraction of sp³-hybridized carbons (Fsp3) is 0.211. The standard InChI is InChI=1S/C19H19N5O2/c1-12-6-7-14(10-21-12)11-22-17(25)9-15-13(2)23-18(24-19(15)26)16-5-3-4-8-20-16/h3-8,10H,9,11H2,1-2H3,(H,22,25)(H,23,24,26). The number of aryl methyl sites for hydroxylation is 2. The number of H-pyrrole nitrogens is 1. The first kappa shape index (κ1) is 17.5. The lowest BCUT2D eigenvalue weighted by Gasteiger charge is -2.08. The first-order valence-electron chi connectivity index (χ1n) is 8.22. The number of nitrogens with one attached hydrogen (secondary N) is 2. The van der Waals surface area contributed by atoms with Gasteiger partial charge in [0.15, 0.2) is 5.82 Å². The van der Waals surface area contributed by atoms with Gasteiger partial charge in [-0.05, 0) is 37.6 Å². The second-order valence-electron chi connectivity index (χ2n) is 5.95. The number of nitrogens with zero attached hydrogens (tertiary/aromatic N) is 3. The molecule has 0 saturated heterocycles. The second-order valence-corrected chi connectivity index (χ2v) is 5.95. The number of carbonyl (C=O) groups excluding carboxylic acids is 1. The predicted molar refractivity (Wildman–Crippen MR) is 97.4 cm³/mol. The number of carbonyl (C=O) groups is 1. The van der Waals surface area contributed by atoms with Gasteiger partial charge in [-0.15, -0.1) is 0 Å². The molecule has 0 bridgehead atoms. The number of amides is 1. The van der Waals surface area contributed by atoms with Crippen molar-refractivity contribution in [3.8, 4) is 11.5 Å². The summed E-state index contributed by atoms with van der Waals surface area (Å²) in [5, 5.41) is 2.80. The minimum Gasteiger partial charge on any atom is -0.352 e. The summed E-state index contributed by atoms with van der Waals surface area (Å²) in [7, 11) is 0. The molecule has 0 radical (unpaired) electrons. The monoisotopic (exact) mass is 349 g/mol. The van der Waals surface area contributed by atoms with Crippen LogP contribution in [0.4, 0.5) is 0 Å². The van der Waals surface area contributed by atoms with Gasteiger partial charge in [0.25, 0.3) is 5.56 Å². The Labute approximate surface area is 150 Å². The normalized spacial score (nSPS) is 10.5. The lowest BCUT2D eigenvalue weighted by Crippen LogP contribution is -2.29. The number of aromatic nitrogens is 4. The molecule has 0 aromatic carbocycles. The highest BCUT2D eigenvalue weighted by Crippen LogP contribution is 2.11. The number of hydrogen-bond acceptors (Lipinski definition) is 5. The van der Waals surface area contributed by atoms with Gasteiger partial charge < -0.3 is 10.3 Å². The van der Waals surface area contributed by atoms with Crippen molar-refractivity contribution >= 4 is 5.91 Å². The van der Waals surface area contributed by atoms with Crippen molar-refractivity contribution in [3.63, 3.8) is 0 Å². The molecule has 0 aliphatic rings. The summed E-state index contributed by atoms with van der Waals surface area (Å²) >= 11 is 0. The molecule has 0 unspecified atom stereocenters. The molecule has 7 heteroatoms. The summed E-state index contributed by atoms with van der Waals surface area (Å²) in [6.45, 7) is 3.98.